The molecule has 1 aromatic heterocycles. The van der Waals surface area contributed by atoms with Crippen LogP contribution in [-0.2, 0) is 4.74 Å². The van der Waals surface area contributed by atoms with E-state index in [4.69, 9.17) is 9.47 Å². The summed E-state index contributed by atoms with van der Waals surface area (Å²) in [5.74, 6) is 1.80. The molecule has 1 aromatic carbocycles. The van der Waals surface area contributed by atoms with Gasteiger partial charge >= 0.3 is 0 Å². The van der Waals surface area contributed by atoms with Crippen molar-refractivity contribution in [2.24, 2.45) is 0 Å². The average Bonchev–Trinajstić information content (AvgIpc) is 3.15. The Kier molecular flexibility index (Phi) is 14.7. The highest BCUT2D eigenvalue weighted by Gasteiger charge is 2.13. The van der Waals surface area contributed by atoms with Gasteiger partial charge in [0, 0.05) is 16.0 Å². The topological polar surface area (TPSA) is 18.5 Å². The number of benzene rings is 1. The molecular formula is C21H34O2S2. The minimum Gasteiger partial charge on any atom is -0.491 e. The zero-order valence-electron chi connectivity index (χ0n) is 16.7. The Labute approximate surface area is 163 Å². The third kappa shape index (κ3) is 11.3. The molecule has 142 valence electrons. The second-order valence-corrected chi connectivity index (χ2v) is 7.07. The van der Waals surface area contributed by atoms with Crippen LogP contribution in [0.1, 0.15) is 47.1 Å². The van der Waals surface area contributed by atoms with Gasteiger partial charge in [0.05, 0.1) is 6.10 Å². The lowest BCUT2D eigenvalue weighted by Crippen LogP contribution is -2.27. The fraction of sp³-hybridized carbons (Fsp3) is 0.524. The monoisotopic (exact) mass is 382 g/mol. The SMILES string of the molecule is CC.CC.Cc1ccc(OCC(CSc2ccsc2)OC(C)C)cc1. The molecule has 0 amide bonds. The molecule has 4 heteroatoms. The maximum atomic E-state index is 5.95. The smallest absolute Gasteiger partial charge is 0.119 e. The molecule has 0 spiro atoms. The Balaban J connectivity index is 0.00000134. The summed E-state index contributed by atoms with van der Waals surface area (Å²) < 4.78 is 11.8. The molecule has 25 heavy (non-hydrogen) atoms. The first kappa shape index (κ1) is 24.0. The molecule has 2 rings (SSSR count). The second kappa shape index (κ2) is 15.3. The molecule has 0 aliphatic heterocycles. The van der Waals surface area contributed by atoms with Crippen molar-refractivity contribution in [3.63, 3.8) is 0 Å². The van der Waals surface area contributed by atoms with E-state index in [1.54, 1.807) is 11.3 Å². The molecule has 0 aliphatic carbocycles. The highest BCUT2D eigenvalue weighted by molar-refractivity contribution is 7.99. The second-order valence-electron chi connectivity index (χ2n) is 5.20. The maximum Gasteiger partial charge on any atom is 0.119 e. The van der Waals surface area contributed by atoms with Crippen LogP contribution in [0.25, 0.3) is 0 Å². The van der Waals surface area contributed by atoms with E-state index in [2.05, 4.69) is 49.7 Å². The van der Waals surface area contributed by atoms with Crippen LogP contribution in [0.2, 0.25) is 0 Å². The van der Waals surface area contributed by atoms with Crippen LogP contribution in [0.3, 0.4) is 0 Å². The van der Waals surface area contributed by atoms with E-state index in [1.165, 1.54) is 10.5 Å². The van der Waals surface area contributed by atoms with Crippen molar-refractivity contribution in [3.05, 3.63) is 46.7 Å². The largest absolute Gasteiger partial charge is 0.491 e. The first-order chi connectivity index (χ1) is 12.1. The first-order valence-electron chi connectivity index (χ1n) is 9.13. The number of hydrogen-bond donors (Lipinski definition) is 0. The number of hydrogen-bond acceptors (Lipinski definition) is 4. The molecule has 1 heterocycles. The Morgan fingerprint density at radius 2 is 1.64 bits per heavy atom. The highest BCUT2D eigenvalue weighted by Crippen LogP contribution is 2.23. The summed E-state index contributed by atoms with van der Waals surface area (Å²) in [6.45, 7) is 14.8. The Morgan fingerprint density at radius 1 is 1.00 bits per heavy atom. The van der Waals surface area contributed by atoms with E-state index >= 15 is 0 Å². The third-order valence-electron chi connectivity index (χ3n) is 2.85. The normalized spacial score (nSPS) is 11.0. The lowest BCUT2D eigenvalue weighted by atomic mass is 10.2. The van der Waals surface area contributed by atoms with Gasteiger partial charge in [0.1, 0.15) is 18.5 Å². The summed E-state index contributed by atoms with van der Waals surface area (Å²) in [5.41, 5.74) is 1.24. The first-order valence-corrected chi connectivity index (χ1v) is 11.1. The fourth-order valence-electron chi connectivity index (χ4n) is 1.86. The number of ether oxygens (including phenoxy) is 2. The molecule has 0 bridgehead atoms. The van der Waals surface area contributed by atoms with Crippen molar-refractivity contribution in [1.29, 1.82) is 0 Å². The van der Waals surface area contributed by atoms with Crippen LogP contribution >= 0.6 is 23.1 Å². The summed E-state index contributed by atoms with van der Waals surface area (Å²) in [7, 11) is 0. The number of rotatable bonds is 8. The summed E-state index contributed by atoms with van der Waals surface area (Å²) in [5, 5.41) is 4.27. The van der Waals surface area contributed by atoms with Gasteiger partial charge in [0.15, 0.2) is 0 Å². The molecule has 1 unspecified atom stereocenters. The van der Waals surface area contributed by atoms with Gasteiger partial charge in [0.25, 0.3) is 0 Å². The van der Waals surface area contributed by atoms with Crippen molar-refractivity contribution >= 4 is 23.1 Å². The molecule has 0 saturated carbocycles. The molecule has 0 N–H and O–H groups in total. The lowest BCUT2D eigenvalue weighted by molar-refractivity contribution is -0.00354. The maximum absolute atomic E-state index is 5.95. The standard InChI is InChI=1S/C17H22O2S2.2C2H6/c1-13(2)19-16(11-21-17-8-9-20-12-17)10-18-15-6-4-14(3)5-7-15;2*1-2/h4-9,12-13,16H,10-11H2,1-3H3;2*1-2H3. The zero-order valence-corrected chi connectivity index (χ0v) is 18.4. The van der Waals surface area contributed by atoms with Crippen LogP contribution < -0.4 is 4.74 Å². The summed E-state index contributed by atoms with van der Waals surface area (Å²) in [6, 6.07) is 10.3. The van der Waals surface area contributed by atoms with Gasteiger partial charge in [0.2, 0.25) is 0 Å². The van der Waals surface area contributed by atoms with E-state index in [-0.39, 0.29) is 12.2 Å². The Hall–Kier alpha value is -0.970. The number of aryl methyl sites for hydroxylation is 1. The van der Waals surface area contributed by atoms with Gasteiger partial charge in [-0.05, 0) is 44.4 Å². The molecule has 0 radical (unpaired) electrons. The van der Waals surface area contributed by atoms with E-state index in [1.807, 2.05) is 51.6 Å². The van der Waals surface area contributed by atoms with Crippen molar-refractivity contribution in [2.45, 2.75) is 65.6 Å². The molecule has 0 saturated heterocycles. The third-order valence-corrected chi connectivity index (χ3v) is 4.81. The van der Waals surface area contributed by atoms with Crippen LogP contribution in [0.15, 0.2) is 46.0 Å². The molecule has 1 atom stereocenters. The summed E-state index contributed by atoms with van der Waals surface area (Å²) in [4.78, 5) is 1.30. The van der Waals surface area contributed by atoms with Crippen molar-refractivity contribution in [2.75, 3.05) is 12.4 Å². The molecule has 0 aliphatic rings. The van der Waals surface area contributed by atoms with E-state index < -0.39 is 0 Å². The van der Waals surface area contributed by atoms with Crippen LogP contribution in [0, 0.1) is 6.92 Å². The summed E-state index contributed by atoms with van der Waals surface area (Å²) >= 11 is 3.54. The van der Waals surface area contributed by atoms with Crippen LogP contribution in [0.5, 0.6) is 5.75 Å². The summed E-state index contributed by atoms with van der Waals surface area (Å²) in [6.07, 6.45) is 0.302. The van der Waals surface area contributed by atoms with Crippen LogP contribution in [0.4, 0.5) is 0 Å². The van der Waals surface area contributed by atoms with Gasteiger partial charge in [-0.1, -0.05) is 45.4 Å². The minimum atomic E-state index is 0.0937. The lowest BCUT2D eigenvalue weighted by Gasteiger charge is -2.20. The van der Waals surface area contributed by atoms with Crippen molar-refractivity contribution < 1.29 is 9.47 Å². The molecular weight excluding hydrogens is 348 g/mol. The minimum absolute atomic E-state index is 0.0937. The Bertz CT molecular complexity index is 507. The molecule has 2 aromatic rings. The van der Waals surface area contributed by atoms with E-state index in [9.17, 15) is 0 Å². The van der Waals surface area contributed by atoms with Crippen molar-refractivity contribution in [3.8, 4) is 5.75 Å². The highest BCUT2D eigenvalue weighted by atomic mass is 32.2. The number of thiophene rings is 1. The predicted molar refractivity (Wildman–Crippen MR) is 114 cm³/mol. The van der Waals surface area contributed by atoms with Gasteiger partial charge in [-0.3, -0.25) is 0 Å². The van der Waals surface area contributed by atoms with E-state index in [0.717, 1.165) is 11.5 Å². The zero-order chi connectivity index (χ0) is 19.1. The predicted octanol–water partition coefficient (Wildman–Crippen LogP) is 7.07. The molecule has 0 fully saturated rings. The van der Waals surface area contributed by atoms with Gasteiger partial charge in [-0.15, -0.1) is 11.8 Å². The number of thioether (sulfide) groups is 1. The average molecular weight is 383 g/mol. The van der Waals surface area contributed by atoms with Crippen molar-refractivity contribution in [1.82, 2.24) is 0 Å². The van der Waals surface area contributed by atoms with E-state index in [0.29, 0.717) is 6.61 Å². The van der Waals surface area contributed by atoms with Gasteiger partial charge in [-0.2, -0.15) is 11.3 Å². The molecule has 2 nitrogen and oxygen atoms in total. The van der Waals surface area contributed by atoms with Gasteiger partial charge < -0.3 is 9.47 Å². The Morgan fingerprint density at radius 3 is 2.16 bits per heavy atom. The fourth-order valence-corrected chi connectivity index (χ4v) is 3.62. The van der Waals surface area contributed by atoms with Crippen LogP contribution in [-0.4, -0.2) is 24.6 Å². The quantitative estimate of drug-likeness (QED) is 0.455. The van der Waals surface area contributed by atoms with Gasteiger partial charge in [-0.25, -0.2) is 0 Å².